The second kappa shape index (κ2) is 18.0. The number of H-pyrrole nitrogens is 1. The lowest BCUT2D eigenvalue weighted by Gasteiger charge is -2.14. The number of allylic oxidation sites excluding steroid dienone is 6. The Bertz CT molecular complexity index is 1160. The molecule has 0 aliphatic heterocycles. The van der Waals surface area contributed by atoms with Crippen molar-refractivity contribution in [1.82, 2.24) is 4.98 Å². The Balaban J connectivity index is 0.000000404. The van der Waals surface area contributed by atoms with E-state index in [0.29, 0.717) is 5.92 Å². The molecule has 38 heavy (non-hydrogen) atoms. The zero-order chi connectivity index (χ0) is 27.0. The standard InChI is InChI=1S/C22H29N.C11H11N.C2H6.CH4/c1-4-19-7-5-6-8-20(19)13-14-22(16-23)21-11-9-18(10-12-21)15-17(2)3;1-9-7-8-11(12-9)10-5-3-2-4-6-10;1-2;/h7-12,14,16-17,23H,4-6,13,15H2,1-3H3;2-8,12H,1H3;1-2H3;1H4/b22-14+,23-16?;;;. The molecule has 2 nitrogen and oxygen atoms in total. The Hall–Kier alpha value is -3.39. The summed E-state index contributed by atoms with van der Waals surface area (Å²) in [6, 6.07) is 23.2. The van der Waals surface area contributed by atoms with E-state index >= 15 is 0 Å². The zero-order valence-electron chi connectivity index (χ0n) is 23.8. The Morgan fingerprint density at radius 3 is 2.05 bits per heavy atom. The van der Waals surface area contributed by atoms with Crippen LogP contribution in [-0.2, 0) is 6.42 Å². The Morgan fingerprint density at radius 1 is 0.895 bits per heavy atom. The lowest BCUT2D eigenvalue weighted by atomic mass is 9.92. The van der Waals surface area contributed by atoms with Gasteiger partial charge >= 0.3 is 0 Å². The van der Waals surface area contributed by atoms with Gasteiger partial charge in [-0.05, 0) is 90.5 Å². The maximum atomic E-state index is 7.75. The predicted molar refractivity (Wildman–Crippen MR) is 171 cm³/mol. The highest BCUT2D eigenvalue weighted by molar-refractivity contribution is 6.08. The fourth-order valence-corrected chi connectivity index (χ4v) is 4.44. The van der Waals surface area contributed by atoms with Crippen molar-refractivity contribution in [3.05, 3.63) is 113 Å². The first kappa shape index (κ1) is 32.6. The molecule has 1 aliphatic carbocycles. The van der Waals surface area contributed by atoms with Crippen molar-refractivity contribution in [1.29, 1.82) is 5.41 Å². The van der Waals surface area contributed by atoms with Gasteiger partial charge in [0.15, 0.2) is 0 Å². The lowest BCUT2D eigenvalue weighted by molar-refractivity contribution is 0.647. The Kier molecular flexibility index (Phi) is 15.4. The van der Waals surface area contributed by atoms with E-state index in [4.69, 9.17) is 5.41 Å². The minimum absolute atomic E-state index is 0. The van der Waals surface area contributed by atoms with E-state index in [9.17, 15) is 0 Å². The second-order valence-electron chi connectivity index (χ2n) is 9.61. The molecule has 204 valence electrons. The van der Waals surface area contributed by atoms with Gasteiger partial charge in [-0.2, -0.15) is 0 Å². The third-order valence-electron chi connectivity index (χ3n) is 6.29. The van der Waals surface area contributed by atoms with E-state index in [1.54, 1.807) is 0 Å². The van der Waals surface area contributed by atoms with Gasteiger partial charge in [0, 0.05) is 17.6 Å². The maximum absolute atomic E-state index is 7.75. The molecule has 0 amide bonds. The Morgan fingerprint density at radius 2 is 1.53 bits per heavy atom. The van der Waals surface area contributed by atoms with Gasteiger partial charge in [-0.3, -0.25) is 0 Å². The van der Waals surface area contributed by atoms with Crippen molar-refractivity contribution in [2.75, 3.05) is 0 Å². The topological polar surface area (TPSA) is 39.6 Å². The van der Waals surface area contributed by atoms with Crippen molar-refractivity contribution in [2.45, 2.75) is 81.1 Å². The summed E-state index contributed by atoms with van der Waals surface area (Å²) in [7, 11) is 0. The van der Waals surface area contributed by atoms with E-state index in [-0.39, 0.29) is 7.43 Å². The summed E-state index contributed by atoms with van der Waals surface area (Å²) in [4.78, 5) is 3.29. The predicted octanol–water partition coefficient (Wildman–Crippen LogP) is 11.0. The van der Waals surface area contributed by atoms with Crippen molar-refractivity contribution in [2.24, 2.45) is 5.92 Å². The van der Waals surface area contributed by atoms with Crippen LogP contribution >= 0.6 is 0 Å². The van der Waals surface area contributed by atoms with E-state index in [1.165, 1.54) is 46.3 Å². The van der Waals surface area contributed by atoms with Crippen LogP contribution in [0.3, 0.4) is 0 Å². The van der Waals surface area contributed by atoms with Crippen LogP contribution in [0.15, 0.2) is 96.1 Å². The van der Waals surface area contributed by atoms with Crippen LogP contribution in [0, 0.1) is 18.3 Å². The highest BCUT2D eigenvalue weighted by Crippen LogP contribution is 2.26. The number of hydrogen-bond donors (Lipinski definition) is 2. The molecule has 1 aromatic heterocycles. The van der Waals surface area contributed by atoms with Gasteiger partial charge in [0.2, 0.25) is 0 Å². The molecule has 0 atom stereocenters. The highest BCUT2D eigenvalue weighted by atomic mass is 14.7. The van der Waals surface area contributed by atoms with Crippen LogP contribution in [0.1, 0.15) is 84.5 Å². The van der Waals surface area contributed by atoms with Gasteiger partial charge < -0.3 is 10.4 Å². The minimum Gasteiger partial charge on any atom is -0.359 e. The summed E-state index contributed by atoms with van der Waals surface area (Å²) in [5.74, 6) is 0.677. The molecule has 2 aromatic carbocycles. The third-order valence-corrected chi connectivity index (χ3v) is 6.29. The van der Waals surface area contributed by atoms with Crippen molar-refractivity contribution >= 4 is 11.8 Å². The smallest absolute Gasteiger partial charge is 0.0455 e. The maximum Gasteiger partial charge on any atom is 0.0455 e. The van der Waals surface area contributed by atoms with Crippen LogP contribution in [0.25, 0.3) is 16.8 Å². The van der Waals surface area contributed by atoms with Crippen molar-refractivity contribution in [3.63, 3.8) is 0 Å². The van der Waals surface area contributed by atoms with Gasteiger partial charge in [-0.25, -0.2) is 0 Å². The SMILES string of the molecule is C.CC.CCC1=CCCC=C1C/C=C(\C=N)c1ccc(CC(C)C)cc1.Cc1ccc(-c2ccccc2)[nH]1. The quantitative estimate of drug-likeness (QED) is 0.283. The van der Waals surface area contributed by atoms with E-state index in [2.05, 4.69) is 99.4 Å². The summed E-state index contributed by atoms with van der Waals surface area (Å²) >= 11 is 0. The molecule has 0 saturated carbocycles. The molecule has 0 radical (unpaired) electrons. The zero-order valence-corrected chi connectivity index (χ0v) is 23.8. The second-order valence-corrected chi connectivity index (χ2v) is 9.61. The van der Waals surface area contributed by atoms with E-state index in [0.717, 1.165) is 36.8 Å². The summed E-state index contributed by atoms with van der Waals surface area (Å²) in [6.45, 7) is 12.8. The molecule has 2 heteroatoms. The van der Waals surface area contributed by atoms with Gasteiger partial charge in [0.05, 0.1) is 0 Å². The average molecular weight is 511 g/mol. The highest BCUT2D eigenvalue weighted by Gasteiger charge is 2.07. The first-order chi connectivity index (χ1) is 18.0. The summed E-state index contributed by atoms with van der Waals surface area (Å²) in [5.41, 5.74) is 10.1. The summed E-state index contributed by atoms with van der Waals surface area (Å²) in [5, 5.41) is 7.75. The van der Waals surface area contributed by atoms with Crippen LogP contribution in [0.4, 0.5) is 0 Å². The van der Waals surface area contributed by atoms with Gasteiger partial charge in [0.25, 0.3) is 0 Å². The first-order valence-electron chi connectivity index (χ1n) is 13.9. The summed E-state index contributed by atoms with van der Waals surface area (Å²) < 4.78 is 0. The molecule has 1 aliphatic rings. The van der Waals surface area contributed by atoms with Crippen LogP contribution in [0.2, 0.25) is 0 Å². The molecule has 2 N–H and O–H groups in total. The van der Waals surface area contributed by atoms with E-state index < -0.39 is 0 Å². The number of aromatic amines is 1. The molecule has 0 fully saturated rings. The molecule has 0 spiro atoms. The monoisotopic (exact) mass is 510 g/mol. The largest absolute Gasteiger partial charge is 0.359 e. The fraction of sp³-hybridized carbons (Fsp3) is 0.361. The summed E-state index contributed by atoms with van der Waals surface area (Å²) in [6.07, 6.45) is 13.9. The van der Waals surface area contributed by atoms with Crippen LogP contribution < -0.4 is 0 Å². The van der Waals surface area contributed by atoms with Crippen LogP contribution in [0.5, 0.6) is 0 Å². The molecular weight excluding hydrogens is 460 g/mol. The molecular formula is C36H50N2. The number of aromatic nitrogens is 1. The number of benzene rings is 2. The molecule has 0 bridgehead atoms. The number of aryl methyl sites for hydroxylation is 1. The van der Waals surface area contributed by atoms with Crippen molar-refractivity contribution in [3.8, 4) is 11.3 Å². The molecule has 0 unspecified atom stereocenters. The molecule has 4 rings (SSSR count). The normalized spacial score (nSPS) is 12.7. The Labute approximate surface area is 233 Å². The molecule has 3 aromatic rings. The number of nitrogens with one attached hydrogen (secondary N) is 2. The first-order valence-corrected chi connectivity index (χ1v) is 13.9. The van der Waals surface area contributed by atoms with Gasteiger partial charge in [-0.1, -0.05) is 115 Å². The minimum atomic E-state index is 0. The number of rotatable bonds is 8. The third kappa shape index (κ3) is 10.5. The van der Waals surface area contributed by atoms with E-state index in [1.807, 2.05) is 32.0 Å². The lowest BCUT2D eigenvalue weighted by Crippen LogP contribution is -1.96. The van der Waals surface area contributed by atoms with Crippen molar-refractivity contribution < 1.29 is 0 Å². The number of hydrogen-bond acceptors (Lipinski definition) is 1. The fourth-order valence-electron chi connectivity index (χ4n) is 4.44. The van der Waals surface area contributed by atoms with Crippen LogP contribution in [-0.4, -0.2) is 11.2 Å². The molecule has 0 saturated heterocycles. The molecule has 1 heterocycles. The van der Waals surface area contributed by atoms with Gasteiger partial charge in [-0.15, -0.1) is 0 Å². The van der Waals surface area contributed by atoms with Gasteiger partial charge in [0.1, 0.15) is 0 Å². The average Bonchev–Trinajstić information content (AvgIpc) is 3.38.